The van der Waals surface area contributed by atoms with Gasteiger partial charge >= 0.3 is 0 Å². The Morgan fingerprint density at radius 2 is 1.96 bits per heavy atom. The van der Waals surface area contributed by atoms with E-state index < -0.39 is 0 Å². The first kappa shape index (κ1) is 15.3. The Balaban J connectivity index is 1.49. The lowest BCUT2D eigenvalue weighted by Gasteiger charge is -2.33. The molecule has 0 bridgehead atoms. The predicted octanol–water partition coefficient (Wildman–Crippen LogP) is 1.04. The van der Waals surface area contributed by atoms with Crippen molar-refractivity contribution in [3.05, 3.63) is 36.0 Å². The summed E-state index contributed by atoms with van der Waals surface area (Å²) in [5, 5.41) is 7.09. The minimum atomic E-state index is 0.359. The van der Waals surface area contributed by atoms with Gasteiger partial charge in [-0.1, -0.05) is 0 Å². The van der Waals surface area contributed by atoms with Gasteiger partial charge in [0.15, 0.2) is 0 Å². The first-order valence-electron chi connectivity index (χ1n) is 8.72. The van der Waals surface area contributed by atoms with Crippen molar-refractivity contribution in [3.63, 3.8) is 0 Å². The molecule has 0 aliphatic carbocycles. The molecule has 7 heteroatoms. The third kappa shape index (κ3) is 3.31. The van der Waals surface area contributed by atoms with Gasteiger partial charge in [-0.05, 0) is 31.9 Å². The van der Waals surface area contributed by atoms with E-state index in [4.69, 9.17) is 0 Å². The zero-order chi connectivity index (χ0) is 16.2. The lowest BCUT2D eigenvalue weighted by atomic mass is 10.0. The second-order valence-electron chi connectivity index (χ2n) is 6.38. The molecule has 4 rings (SSSR count). The quantitative estimate of drug-likeness (QED) is 0.873. The van der Waals surface area contributed by atoms with Crippen LogP contribution in [-0.2, 0) is 12.8 Å². The van der Waals surface area contributed by atoms with Gasteiger partial charge in [-0.15, -0.1) is 0 Å². The number of hydrogen-bond acceptors (Lipinski definition) is 7. The molecule has 0 aromatic carbocycles. The third-order valence-electron chi connectivity index (χ3n) is 4.72. The highest BCUT2D eigenvalue weighted by Gasteiger charge is 2.23. The average Bonchev–Trinajstić information content (AvgIpc) is 2.89. The number of nitrogens with one attached hydrogen (secondary N) is 2. The van der Waals surface area contributed by atoms with E-state index in [1.807, 2.05) is 6.07 Å². The second kappa shape index (κ2) is 7.09. The molecule has 2 aromatic rings. The van der Waals surface area contributed by atoms with Crippen LogP contribution in [0.25, 0.3) is 0 Å². The van der Waals surface area contributed by atoms with Crippen molar-refractivity contribution in [2.45, 2.75) is 31.7 Å². The van der Waals surface area contributed by atoms with E-state index in [1.165, 1.54) is 11.3 Å². The molecule has 0 radical (unpaired) electrons. The Morgan fingerprint density at radius 3 is 2.88 bits per heavy atom. The first-order chi connectivity index (χ1) is 11.9. The Hall–Kier alpha value is -2.28. The zero-order valence-electron chi connectivity index (χ0n) is 13.8. The fourth-order valence-electron chi connectivity index (χ4n) is 3.52. The summed E-state index contributed by atoms with van der Waals surface area (Å²) in [6, 6.07) is 2.21. The summed E-state index contributed by atoms with van der Waals surface area (Å²) in [4.78, 5) is 20.0. The van der Waals surface area contributed by atoms with Crippen molar-refractivity contribution in [1.82, 2.24) is 25.3 Å². The van der Waals surface area contributed by atoms with Crippen LogP contribution in [-0.4, -0.2) is 52.2 Å². The van der Waals surface area contributed by atoms with Gasteiger partial charge < -0.3 is 15.5 Å². The highest BCUT2D eigenvalue weighted by atomic mass is 15.3. The van der Waals surface area contributed by atoms with Gasteiger partial charge in [0.25, 0.3) is 0 Å². The van der Waals surface area contributed by atoms with Crippen LogP contribution in [0.15, 0.2) is 24.8 Å². The first-order valence-corrected chi connectivity index (χ1v) is 8.72. The minimum Gasteiger partial charge on any atom is -0.365 e. The molecule has 126 valence electrons. The summed E-state index contributed by atoms with van der Waals surface area (Å²) < 4.78 is 0. The van der Waals surface area contributed by atoms with Crippen LogP contribution in [0.3, 0.4) is 0 Å². The standard InChI is InChI=1S/C17H23N7/c1-3-13(11-24(10-1)17-19-6-2-7-20-17)23-16-14-4-8-18-9-5-15(14)21-12-22-16/h2,6-7,12-13,18H,1,3-5,8-11H2,(H,21,22,23)/t13-/m1/s1. The van der Waals surface area contributed by atoms with Crippen LogP contribution in [0.4, 0.5) is 11.8 Å². The molecular weight excluding hydrogens is 302 g/mol. The van der Waals surface area contributed by atoms with Crippen LogP contribution < -0.4 is 15.5 Å². The number of anilines is 2. The van der Waals surface area contributed by atoms with Crippen LogP contribution in [0.5, 0.6) is 0 Å². The van der Waals surface area contributed by atoms with E-state index in [0.717, 1.165) is 63.6 Å². The Kier molecular flexibility index (Phi) is 4.51. The molecule has 0 saturated carbocycles. The lowest BCUT2D eigenvalue weighted by molar-refractivity contribution is 0.521. The largest absolute Gasteiger partial charge is 0.365 e. The molecular formula is C17H23N7. The molecule has 1 saturated heterocycles. The third-order valence-corrected chi connectivity index (χ3v) is 4.72. The van der Waals surface area contributed by atoms with E-state index in [0.29, 0.717) is 6.04 Å². The van der Waals surface area contributed by atoms with Gasteiger partial charge in [-0.3, -0.25) is 0 Å². The molecule has 0 spiro atoms. The smallest absolute Gasteiger partial charge is 0.225 e. The Bertz CT molecular complexity index is 676. The van der Waals surface area contributed by atoms with E-state index in [-0.39, 0.29) is 0 Å². The van der Waals surface area contributed by atoms with Gasteiger partial charge in [0.05, 0.1) is 5.69 Å². The van der Waals surface area contributed by atoms with Crippen molar-refractivity contribution in [2.75, 3.05) is 36.4 Å². The number of rotatable bonds is 3. The summed E-state index contributed by atoms with van der Waals surface area (Å²) in [6.45, 7) is 3.89. The maximum absolute atomic E-state index is 4.53. The van der Waals surface area contributed by atoms with Gasteiger partial charge in [0.1, 0.15) is 12.1 Å². The van der Waals surface area contributed by atoms with Crippen LogP contribution >= 0.6 is 0 Å². The van der Waals surface area contributed by atoms with Crippen LogP contribution in [0.1, 0.15) is 24.1 Å². The van der Waals surface area contributed by atoms with Crippen LogP contribution in [0.2, 0.25) is 0 Å². The van der Waals surface area contributed by atoms with Crippen molar-refractivity contribution < 1.29 is 0 Å². The summed E-state index contributed by atoms with van der Waals surface area (Å²) in [6.07, 6.45) is 9.52. The van der Waals surface area contributed by atoms with Gasteiger partial charge in [-0.2, -0.15) is 0 Å². The maximum atomic E-state index is 4.53. The van der Waals surface area contributed by atoms with Gasteiger partial charge in [0.2, 0.25) is 5.95 Å². The SMILES string of the molecule is c1cnc(N2CCC[C@@H](Nc3ncnc4c3CCNCC4)C2)nc1. The molecule has 2 aromatic heterocycles. The van der Waals surface area contributed by atoms with Crippen molar-refractivity contribution >= 4 is 11.8 Å². The molecule has 2 aliphatic heterocycles. The fraction of sp³-hybridized carbons (Fsp3) is 0.529. The van der Waals surface area contributed by atoms with E-state index in [1.54, 1.807) is 18.7 Å². The van der Waals surface area contributed by atoms with Gasteiger partial charge in [-0.25, -0.2) is 19.9 Å². The van der Waals surface area contributed by atoms with Crippen molar-refractivity contribution in [2.24, 2.45) is 0 Å². The van der Waals surface area contributed by atoms with Crippen molar-refractivity contribution in [3.8, 4) is 0 Å². The zero-order valence-corrected chi connectivity index (χ0v) is 13.8. The van der Waals surface area contributed by atoms with Gasteiger partial charge in [0, 0.05) is 50.1 Å². The molecule has 2 N–H and O–H groups in total. The Morgan fingerprint density at radius 1 is 1.08 bits per heavy atom. The molecule has 1 fully saturated rings. The van der Waals surface area contributed by atoms with Crippen LogP contribution in [0, 0.1) is 0 Å². The average molecular weight is 325 g/mol. The summed E-state index contributed by atoms with van der Waals surface area (Å²) in [5.41, 5.74) is 2.45. The monoisotopic (exact) mass is 325 g/mol. The number of aromatic nitrogens is 4. The number of piperidine rings is 1. The molecule has 0 unspecified atom stereocenters. The topological polar surface area (TPSA) is 78.9 Å². The molecule has 2 aliphatic rings. The highest BCUT2D eigenvalue weighted by Crippen LogP contribution is 2.22. The summed E-state index contributed by atoms with van der Waals surface area (Å²) >= 11 is 0. The normalized spacial score (nSPS) is 21.0. The van der Waals surface area contributed by atoms with E-state index in [9.17, 15) is 0 Å². The molecule has 4 heterocycles. The number of fused-ring (bicyclic) bond motifs is 1. The molecule has 24 heavy (non-hydrogen) atoms. The second-order valence-corrected chi connectivity index (χ2v) is 6.38. The Labute approximate surface area is 141 Å². The van der Waals surface area contributed by atoms with Crippen molar-refractivity contribution in [1.29, 1.82) is 0 Å². The lowest BCUT2D eigenvalue weighted by Crippen LogP contribution is -2.43. The molecule has 7 nitrogen and oxygen atoms in total. The molecule has 1 atom stereocenters. The minimum absolute atomic E-state index is 0.359. The fourth-order valence-corrected chi connectivity index (χ4v) is 3.52. The number of hydrogen-bond donors (Lipinski definition) is 2. The van der Waals surface area contributed by atoms with E-state index in [2.05, 4.69) is 35.5 Å². The predicted molar refractivity (Wildman–Crippen MR) is 93.2 cm³/mol. The molecule has 0 amide bonds. The maximum Gasteiger partial charge on any atom is 0.225 e. The summed E-state index contributed by atoms with van der Waals surface area (Å²) in [7, 11) is 0. The highest BCUT2D eigenvalue weighted by molar-refractivity contribution is 5.48. The van der Waals surface area contributed by atoms with E-state index >= 15 is 0 Å². The number of nitrogens with zero attached hydrogens (tertiary/aromatic N) is 5. The summed E-state index contributed by atoms with van der Waals surface area (Å²) in [5.74, 6) is 1.82.